The number of benzene rings is 1. The third-order valence-corrected chi connectivity index (χ3v) is 6.39. The maximum atomic E-state index is 4.48. The first-order chi connectivity index (χ1) is 13.3. The second-order valence-corrected chi connectivity index (χ2v) is 9.84. The molecule has 2 unspecified atom stereocenters. The van der Waals surface area contributed by atoms with Crippen molar-refractivity contribution in [3.05, 3.63) is 47.6 Å². The van der Waals surface area contributed by atoms with Crippen molar-refractivity contribution in [2.75, 3.05) is 12.4 Å². The van der Waals surface area contributed by atoms with Crippen molar-refractivity contribution in [1.29, 1.82) is 0 Å². The van der Waals surface area contributed by atoms with Crippen LogP contribution in [0.25, 0.3) is 5.57 Å². The number of aryl methyl sites for hydroxylation is 1. The van der Waals surface area contributed by atoms with Crippen LogP contribution < -0.4 is 5.32 Å². The topological polar surface area (TPSA) is 12.0 Å². The van der Waals surface area contributed by atoms with Crippen LogP contribution in [0.15, 0.2) is 30.9 Å². The lowest BCUT2D eigenvalue weighted by molar-refractivity contribution is 0.412. The predicted molar refractivity (Wildman–Crippen MR) is 127 cm³/mol. The van der Waals surface area contributed by atoms with Crippen molar-refractivity contribution >= 4 is 11.3 Å². The smallest absolute Gasteiger partial charge is 0.0443 e. The zero-order valence-corrected chi connectivity index (χ0v) is 19.3. The molecule has 0 aromatic heterocycles. The van der Waals surface area contributed by atoms with Crippen LogP contribution in [0.2, 0.25) is 0 Å². The Morgan fingerprint density at radius 1 is 1.07 bits per heavy atom. The monoisotopic (exact) mass is 381 g/mol. The van der Waals surface area contributed by atoms with Crippen LogP contribution in [0.5, 0.6) is 0 Å². The molecule has 0 bridgehead atoms. The number of unbranched alkanes of at least 4 members (excludes halogenated alkanes) is 2. The third kappa shape index (κ3) is 6.26. The standard InChI is InChI=1S/C27H43N/c1-8-9-10-11-22-14-16-23(17-15-22)13-12-20(2)25-19-24(27(4,5)6)18-21(3)26(25)28-7/h14,16,18-19,22-23,28H,2,8-13,15,17H2,1,3-7H3. The average molecular weight is 382 g/mol. The summed E-state index contributed by atoms with van der Waals surface area (Å²) in [6.45, 7) is 15.8. The van der Waals surface area contributed by atoms with Gasteiger partial charge in [-0.3, -0.25) is 0 Å². The first-order valence-corrected chi connectivity index (χ1v) is 11.5. The minimum atomic E-state index is 0.158. The van der Waals surface area contributed by atoms with Gasteiger partial charge < -0.3 is 5.32 Å². The molecule has 156 valence electrons. The molecule has 1 aromatic rings. The Balaban J connectivity index is 2.00. The molecule has 0 aliphatic heterocycles. The van der Waals surface area contributed by atoms with E-state index in [9.17, 15) is 0 Å². The van der Waals surface area contributed by atoms with E-state index in [1.54, 1.807) is 0 Å². The molecule has 0 saturated carbocycles. The number of hydrogen-bond donors (Lipinski definition) is 1. The Kier molecular flexibility index (Phi) is 8.40. The molecule has 0 radical (unpaired) electrons. The van der Waals surface area contributed by atoms with E-state index in [0.717, 1.165) is 18.3 Å². The van der Waals surface area contributed by atoms with Crippen molar-refractivity contribution in [1.82, 2.24) is 0 Å². The van der Waals surface area contributed by atoms with Gasteiger partial charge in [-0.2, -0.15) is 0 Å². The van der Waals surface area contributed by atoms with Gasteiger partial charge in [0.15, 0.2) is 0 Å². The molecule has 1 nitrogen and oxygen atoms in total. The van der Waals surface area contributed by atoms with E-state index in [1.165, 1.54) is 72.9 Å². The minimum absolute atomic E-state index is 0.158. The summed E-state index contributed by atoms with van der Waals surface area (Å²) in [7, 11) is 2.03. The first kappa shape index (κ1) is 22.8. The maximum Gasteiger partial charge on any atom is 0.0443 e. The fourth-order valence-corrected chi connectivity index (χ4v) is 4.40. The van der Waals surface area contributed by atoms with Gasteiger partial charge in [0.25, 0.3) is 0 Å². The Morgan fingerprint density at radius 2 is 1.71 bits per heavy atom. The molecule has 0 fully saturated rings. The highest BCUT2D eigenvalue weighted by atomic mass is 14.8. The molecule has 0 heterocycles. The predicted octanol–water partition coefficient (Wildman–Crippen LogP) is 8.29. The summed E-state index contributed by atoms with van der Waals surface area (Å²) >= 11 is 0. The van der Waals surface area contributed by atoms with E-state index in [2.05, 4.69) is 70.8 Å². The highest BCUT2D eigenvalue weighted by molar-refractivity contribution is 5.78. The van der Waals surface area contributed by atoms with Crippen LogP contribution in [0, 0.1) is 18.8 Å². The van der Waals surface area contributed by atoms with Gasteiger partial charge in [0, 0.05) is 18.3 Å². The van der Waals surface area contributed by atoms with E-state index in [4.69, 9.17) is 0 Å². The lowest BCUT2D eigenvalue weighted by atomic mass is 9.81. The van der Waals surface area contributed by atoms with E-state index < -0.39 is 0 Å². The van der Waals surface area contributed by atoms with Gasteiger partial charge in [-0.15, -0.1) is 0 Å². The normalized spacial score (nSPS) is 19.6. The van der Waals surface area contributed by atoms with Crippen LogP contribution >= 0.6 is 0 Å². The Labute approximate surface area is 174 Å². The molecule has 0 saturated heterocycles. The summed E-state index contributed by atoms with van der Waals surface area (Å²) in [5, 5.41) is 3.42. The zero-order chi connectivity index (χ0) is 20.7. The largest absolute Gasteiger partial charge is 0.387 e. The number of nitrogens with one attached hydrogen (secondary N) is 1. The summed E-state index contributed by atoms with van der Waals surface area (Å²) < 4.78 is 0. The quantitative estimate of drug-likeness (QED) is 0.335. The van der Waals surface area contributed by atoms with Gasteiger partial charge in [0.05, 0.1) is 0 Å². The zero-order valence-electron chi connectivity index (χ0n) is 19.3. The molecule has 28 heavy (non-hydrogen) atoms. The van der Waals surface area contributed by atoms with Gasteiger partial charge in [-0.1, -0.05) is 71.8 Å². The summed E-state index contributed by atoms with van der Waals surface area (Å²) in [6, 6.07) is 4.69. The van der Waals surface area contributed by atoms with Crippen LogP contribution in [0.3, 0.4) is 0 Å². The van der Waals surface area contributed by atoms with Crippen LogP contribution in [-0.2, 0) is 5.41 Å². The Morgan fingerprint density at radius 3 is 2.25 bits per heavy atom. The number of rotatable bonds is 9. The molecule has 1 aliphatic carbocycles. The van der Waals surface area contributed by atoms with Crippen molar-refractivity contribution in [3.8, 4) is 0 Å². The van der Waals surface area contributed by atoms with Gasteiger partial charge in [0.1, 0.15) is 0 Å². The first-order valence-electron chi connectivity index (χ1n) is 11.5. The van der Waals surface area contributed by atoms with Gasteiger partial charge in [-0.25, -0.2) is 0 Å². The molecule has 1 aliphatic rings. The SMILES string of the molecule is C=C(CCC1C=CC(CCCCC)CC1)c1cc(C(C)(C)C)cc(C)c1NC. The number of hydrogen-bond acceptors (Lipinski definition) is 1. The van der Waals surface area contributed by atoms with E-state index in [1.807, 2.05) is 7.05 Å². The minimum Gasteiger partial charge on any atom is -0.387 e. The molecule has 2 rings (SSSR count). The summed E-state index contributed by atoms with van der Waals surface area (Å²) in [6.07, 6.45) is 15.5. The van der Waals surface area contributed by atoms with Crippen molar-refractivity contribution in [3.63, 3.8) is 0 Å². The van der Waals surface area contributed by atoms with Gasteiger partial charge >= 0.3 is 0 Å². The van der Waals surface area contributed by atoms with Crippen molar-refractivity contribution in [2.24, 2.45) is 11.8 Å². The summed E-state index contributed by atoms with van der Waals surface area (Å²) in [5.41, 5.74) is 6.70. The molecule has 0 spiro atoms. The fraction of sp³-hybridized carbons (Fsp3) is 0.630. The summed E-state index contributed by atoms with van der Waals surface area (Å²) in [4.78, 5) is 0. The number of anilines is 1. The van der Waals surface area contributed by atoms with Gasteiger partial charge in [-0.05, 0) is 79.0 Å². The summed E-state index contributed by atoms with van der Waals surface area (Å²) in [5.74, 6) is 1.55. The highest BCUT2D eigenvalue weighted by Crippen LogP contribution is 2.36. The van der Waals surface area contributed by atoms with Crippen LogP contribution in [-0.4, -0.2) is 7.05 Å². The van der Waals surface area contributed by atoms with Crippen molar-refractivity contribution < 1.29 is 0 Å². The maximum absolute atomic E-state index is 4.48. The molecule has 0 amide bonds. The lowest BCUT2D eigenvalue weighted by Crippen LogP contribution is -2.13. The molecular formula is C27H43N. The Hall–Kier alpha value is -1.50. The second-order valence-electron chi connectivity index (χ2n) is 9.84. The van der Waals surface area contributed by atoms with Gasteiger partial charge in [0.2, 0.25) is 0 Å². The molecule has 1 aromatic carbocycles. The van der Waals surface area contributed by atoms with Crippen LogP contribution in [0.4, 0.5) is 5.69 Å². The van der Waals surface area contributed by atoms with Crippen molar-refractivity contribution in [2.45, 2.75) is 91.4 Å². The average Bonchev–Trinajstić information content (AvgIpc) is 2.66. The third-order valence-electron chi connectivity index (χ3n) is 6.39. The lowest BCUT2D eigenvalue weighted by Gasteiger charge is -2.25. The molecule has 2 atom stereocenters. The highest BCUT2D eigenvalue weighted by Gasteiger charge is 2.20. The van der Waals surface area contributed by atoms with E-state index >= 15 is 0 Å². The van der Waals surface area contributed by atoms with E-state index in [0.29, 0.717) is 0 Å². The number of allylic oxidation sites excluding steroid dienone is 3. The molecule has 1 N–H and O–H groups in total. The van der Waals surface area contributed by atoms with E-state index in [-0.39, 0.29) is 5.41 Å². The molecular weight excluding hydrogens is 338 g/mol. The Bertz CT molecular complexity index is 674. The van der Waals surface area contributed by atoms with Crippen LogP contribution in [0.1, 0.15) is 95.8 Å². The fourth-order valence-electron chi connectivity index (χ4n) is 4.40. The molecule has 1 heteroatoms. The second kappa shape index (κ2) is 10.3.